The Labute approximate surface area is 181 Å². The predicted molar refractivity (Wildman–Crippen MR) is 120 cm³/mol. The number of ether oxygens (including phenoxy) is 2. The van der Waals surface area contributed by atoms with E-state index >= 15 is 0 Å². The Kier molecular flexibility index (Phi) is 5.42. The zero-order chi connectivity index (χ0) is 21.2. The number of amides is 1. The minimum absolute atomic E-state index is 0.0770. The summed E-state index contributed by atoms with van der Waals surface area (Å²) in [4.78, 5) is 26.8. The lowest BCUT2D eigenvalue weighted by Gasteiger charge is -2.23. The third-order valence-corrected chi connectivity index (χ3v) is 5.83. The highest BCUT2D eigenvalue weighted by Gasteiger charge is 2.27. The number of aromatic nitrogens is 2. The molecule has 0 bridgehead atoms. The average molecular weight is 418 g/mol. The van der Waals surface area contributed by atoms with Gasteiger partial charge in [0.25, 0.3) is 5.91 Å². The third-order valence-electron chi connectivity index (χ3n) is 5.83. The van der Waals surface area contributed by atoms with Crippen molar-refractivity contribution >= 4 is 28.6 Å². The molecule has 0 radical (unpaired) electrons. The molecule has 1 atom stereocenters. The number of carbonyl (C=O) groups excluding carboxylic acids is 1. The molecule has 1 unspecified atom stereocenters. The van der Waals surface area contributed by atoms with Gasteiger partial charge in [0.15, 0.2) is 11.6 Å². The summed E-state index contributed by atoms with van der Waals surface area (Å²) in [5.74, 6) is 2.02. The van der Waals surface area contributed by atoms with Gasteiger partial charge in [0.05, 0.1) is 17.1 Å². The fourth-order valence-corrected chi connectivity index (χ4v) is 4.11. The van der Waals surface area contributed by atoms with Crippen molar-refractivity contribution in [2.45, 2.75) is 25.4 Å². The van der Waals surface area contributed by atoms with Gasteiger partial charge in [0, 0.05) is 32.3 Å². The Morgan fingerprint density at radius 1 is 1.03 bits per heavy atom. The molecule has 0 spiro atoms. The molecule has 1 fully saturated rings. The van der Waals surface area contributed by atoms with E-state index in [0.29, 0.717) is 24.5 Å². The van der Waals surface area contributed by atoms with Crippen molar-refractivity contribution in [2.24, 2.45) is 0 Å². The summed E-state index contributed by atoms with van der Waals surface area (Å²) in [5, 5.41) is 0. The number of nitrogens with zero attached hydrogens (tertiary/aromatic N) is 4. The first-order valence-corrected chi connectivity index (χ1v) is 10.8. The maximum absolute atomic E-state index is 13.4. The van der Waals surface area contributed by atoms with Gasteiger partial charge < -0.3 is 14.4 Å². The van der Waals surface area contributed by atoms with Crippen molar-refractivity contribution in [2.75, 3.05) is 43.2 Å². The normalized spacial score (nSPS) is 18.7. The minimum atomic E-state index is -0.0770. The summed E-state index contributed by atoms with van der Waals surface area (Å²) in [5.41, 5.74) is 2.22. The van der Waals surface area contributed by atoms with Gasteiger partial charge in [-0.1, -0.05) is 12.1 Å². The van der Waals surface area contributed by atoms with Crippen LogP contribution in [0.5, 0.6) is 5.75 Å². The van der Waals surface area contributed by atoms with Gasteiger partial charge in [-0.2, -0.15) is 0 Å². The summed E-state index contributed by atoms with van der Waals surface area (Å²) < 4.78 is 11.4. The van der Waals surface area contributed by atoms with Crippen LogP contribution in [0.4, 0.5) is 11.6 Å². The van der Waals surface area contributed by atoms with Crippen molar-refractivity contribution in [3.8, 4) is 5.75 Å². The van der Waals surface area contributed by atoms with Gasteiger partial charge in [0.1, 0.15) is 12.4 Å². The maximum Gasteiger partial charge on any atom is 0.259 e. The van der Waals surface area contributed by atoms with Gasteiger partial charge in [-0.05, 0) is 55.7 Å². The second kappa shape index (κ2) is 8.51. The average Bonchev–Trinajstić information content (AvgIpc) is 3.28. The Morgan fingerprint density at radius 2 is 1.77 bits per heavy atom. The van der Waals surface area contributed by atoms with Gasteiger partial charge >= 0.3 is 0 Å². The Bertz CT molecular complexity index is 1080. The Hall–Kier alpha value is -3.19. The van der Waals surface area contributed by atoms with Crippen LogP contribution in [-0.2, 0) is 4.74 Å². The standard InChI is InChI=1S/C24H26N4O3/c1-27-13-5-14-28(23-22(27)25-20-7-2-3-8-21(20)26-23)24(29)17-9-11-18(12-10-17)31-16-19-6-4-15-30-19/h2-3,7-12,19H,4-6,13-16H2,1H3. The first-order chi connectivity index (χ1) is 15.2. The summed E-state index contributed by atoms with van der Waals surface area (Å²) in [6, 6.07) is 15.1. The van der Waals surface area contributed by atoms with Crippen LogP contribution in [0.3, 0.4) is 0 Å². The van der Waals surface area contributed by atoms with Crippen LogP contribution in [-0.4, -0.2) is 55.3 Å². The highest BCUT2D eigenvalue weighted by atomic mass is 16.5. The molecule has 2 aliphatic heterocycles. The summed E-state index contributed by atoms with van der Waals surface area (Å²) in [7, 11) is 2.00. The Balaban J connectivity index is 1.39. The zero-order valence-electron chi connectivity index (χ0n) is 17.7. The van der Waals surface area contributed by atoms with E-state index < -0.39 is 0 Å². The van der Waals surface area contributed by atoms with E-state index in [1.165, 1.54) is 0 Å². The number of carbonyl (C=O) groups is 1. The van der Waals surface area contributed by atoms with E-state index in [2.05, 4.69) is 4.90 Å². The monoisotopic (exact) mass is 418 g/mol. The molecule has 2 aromatic carbocycles. The van der Waals surface area contributed by atoms with Gasteiger partial charge in [-0.15, -0.1) is 0 Å². The van der Waals surface area contributed by atoms with Crippen molar-refractivity contribution < 1.29 is 14.3 Å². The first kappa shape index (κ1) is 19.8. The molecule has 0 aliphatic carbocycles. The van der Waals surface area contributed by atoms with Crippen LogP contribution < -0.4 is 14.5 Å². The summed E-state index contributed by atoms with van der Waals surface area (Å²) in [6.07, 6.45) is 3.14. The lowest BCUT2D eigenvalue weighted by atomic mass is 10.2. The van der Waals surface area contributed by atoms with Crippen LogP contribution in [0, 0.1) is 0 Å². The molecule has 3 heterocycles. The fraction of sp³-hybridized carbons (Fsp3) is 0.375. The highest BCUT2D eigenvalue weighted by molar-refractivity contribution is 6.07. The zero-order valence-corrected chi connectivity index (χ0v) is 17.7. The number of fused-ring (bicyclic) bond motifs is 2. The summed E-state index contributed by atoms with van der Waals surface area (Å²) >= 11 is 0. The molecule has 0 N–H and O–H groups in total. The van der Waals surface area contributed by atoms with Gasteiger partial charge in [0.2, 0.25) is 0 Å². The second-order valence-electron chi connectivity index (χ2n) is 8.06. The number of hydrogen-bond donors (Lipinski definition) is 0. The number of hydrogen-bond acceptors (Lipinski definition) is 6. The molecular formula is C24H26N4O3. The van der Waals surface area contributed by atoms with Crippen LogP contribution >= 0.6 is 0 Å². The smallest absolute Gasteiger partial charge is 0.259 e. The molecule has 1 amide bonds. The van der Waals surface area contributed by atoms with Crippen LogP contribution in [0.2, 0.25) is 0 Å². The number of para-hydroxylation sites is 2. The molecule has 0 saturated carbocycles. The minimum Gasteiger partial charge on any atom is -0.491 e. The molecular weight excluding hydrogens is 392 g/mol. The molecule has 1 aromatic heterocycles. The van der Waals surface area contributed by atoms with Crippen LogP contribution in [0.1, 0.15) is 29.6 Å². The molecule has 160 valence electrons. The molecule has 7 nitrogen and oxygen atoms in total. The molecule has 2 aliphatic rings. The quantitative estimate of drug-likeness (QED) is 0.644. The second-order valence-corrected chi connectivity index (χ2v) is 8.06. The van der Waals surface area contributed by atoms with E-state index in [1.54, 1.807) is 4.90 Å². The fourth-order valence-electron chi connectivity index (χ4n) is 4.11. The Morgan fingerprint density at radius 3 is 2.48 bits per heavy atom. The van der Waals surface area contributed by atoms with E-state index in [-0.39, 0.29) is 12.0 Å². The molecule has 5 rings (SSSR count). The van der Waals surface area contributed by atoms with Crippen molar-refractivity contribution in [3.05, 3.63) is 54.1 Å². The van der Waals surface area contributed by atoms with E-state index in [0.717, 1.165) is 55.0 Å². The largest absolute Gasteiger partial charge is 0.491 e. The van der Waals surface area contributed by atoms with E-state index in [9.17, 15) is 4.79 Å². The molecule has 3 aromatic rings. The van der Waals surface area contributed by atoms with Crippen LogP contribution in [0.25, 0.3) is 11.0 Å². The molecule has 1 saturated heterocycles. The number of rotatable bonds is 4. The van der Waals surface area contributed by atoms with Crippen molar-refractivity contribution in [1.29, 1.82) is 0 Å². The third kappa shape index (κ3) is 4.05. The van der Waals surface area contributed by atoms with Gasteiger partial charge in [-0.25, -0.2) is 9.97 Å². The highest BCUT2D eigenvalue weighted by Crippen LogP contribution is 2.31. The van der Waals surface area contributed by atoms with Crippen LogP contribution in [0.15, 0.2) is 48.5 Å². The van der Waals surface area contributed by atoms with E-state index in [4.69, 9.17) is 19.4 Å². The molecule has 31 heavy (non-hydrogen) atoms. The first-order valence-electron chi connectivity index (χ1n) is 10.8. The number of anilines is 2. The SMILES string of the molecule is CN1CCCN(C(=O)c2ccc(OCC3CCCO3)cc2)c2nc3ccccc3nc21. The van der Waals surface area contributed by atoms with Crippen molar-refractivity contribution in [1.82, 2.24) is 9.97 Å². The lowest BCUT2D eigenvalue weighted by molar-refractivity contribution is 0.0679. The van der Waals surface area contributed by atoms with Gasteiger partial charge in [-0.3, -0.25) is 9.69 Å². The maximum atomic E-state index is 13.4. The number of benzene rings is 2. The summed E-state index contributed by atoms with van der Waals surface area (Å²) in [6.45, 7) is 2.77. The van der Waals surface area contributed by atoms with Crippen molar-refractivity contribution in [3.63, 3.8) is 0 Å². The lowest BCUT2D eigenvalue weighted by Crippen LogP contribution is -2.32. The molecule has 7 heteroatoms. The predicted octanol–water partition coefficient (Wildman–Crippen LogP) is 3.67. The van der Waals surface area contributed by atoms with E-state index in [1.807, 2.05) is 55.6 Å². The topological polar surface area (TPSA) is 67.8 Å².